The molecule has 0 aliphatic heterocycles. The van der Waals surface area contributed by atoms with Crippen molar-refractivity contribution in [1.82, 2.24) is 24.6 Å². The highest BCUT2D eigenvalue weighted by molar-refractivity contribution is 5.93. The molecule has 0 bridgehead atoms. The van der Waals surface area contributed by atoms with Crippen molar-refractivity contribution in [3.8, 4) is 0 Å². The molecule has 2 heterocycles. The predicted octanol–water partition coefficient (Wildman–Crippen LogP) is 0.321. The van der Waals surface area contributed by atoms with Crippen LogP contribution in [0.4, 0.5) is 0 Å². The van der Waals surface area contributed by atoms with Gasteiger partial charge in [0.15, 0.2) is 11.3 Å². The summed E-state index contributed by atoms with van der Waals surface area (Å²) >= 11 is 0. The number of aryl methyl sites for hydroxylation is 1. The Bertz CT molecular complexity index is 742. The summed E-state index contributed by atoms with van der Waals surface area (Å²) in [6, 6.07) is 1.38. The van der Waals surface area contributed by atoms with Gasteiger partial charge in [-0.25, -0.2) is 0 Å². The fraction of sp³-hybridized carbons (Fsp3) is 0.429. The molecule has 110 valence electrons. The minimum Gasteiger partial charge on any atom is -0.356 e. The van der Waals surface area contributed by atoms with E-state index in [1.54, 1.807) is 17.8 Å². The zero-order chi connectivity index (χ0) is 15.0. The van der Waals surface area contributed by atoms with E-state index in [9.17, 15) is 9.59 Å². The number of hydrogen-bond donors (Lipinski definition) is 1. The Labute approximate surface area is 121 Å². The second-order valence-electron chi connectivity index (χ2n) is 5.38. The normalized spacial score (nSPS) is 14.2. The van der Waals surface area contributed by atoms with Gasteiger partial charge >= 0.3 is 0 Å². The summed E-state index contributed by atoms with van der Waals surface area (Å²) in [5.74, 6) is 1.77. The van der Waals surface area contributed by atoms with E-state index in [2.05, 4.69) is 15.5 Å². The molecule has 1 saturated carbocycles. The maximum atomic E-state index is 12.1. The monoisotopic (exact) mass is 287 g/mol. The van der Waals surface area contributed by atoms with Gasteiger partial charge in [-0.15, -0.1) is 10.2 Å². The summed E-state index contributed by atoms with van der Waals surface area (Å²) < 4.78 is 3.59. The molecule has 1 aliphatic carbocycles. The number of carbonyl (C=O) groups is 1. The van der Waals surface area contributed by atoms with Gasteiger partial charge in [-0.05, 0) is 12.8 Å². The van der Waals surface area contributed by atoms with Crippen LogP contribution >= 0.6 is 0 Å². The third kappa shape index (κ3) is 2.72. The molecule has 3 rings (SSSR count). The van der Waals surface area contributed by atoms with Crippen LogP contribution in [0.2, 0.25) is 0 Å². The molecular weight excluding hydrogens is 270 g/mol. The zero-order valence-electron chi connectivity index (χ0n) is 12.0. The third-order valence-corrected chi connectivity index (χ3v) is 3.65. The van der Waals surface area contributed by atoms with Crippen LogP contribution in [0.3, 0.4) is 0 Å². The standard InChI is InChI=1S/C14H17N5O2/c1-18-6-5-11(20)10(8-18)14(21)15-7-12-16-17-13(19(12)2)9-3-4-9/h5-6,8-9H,3-4,7H2,1-2H3,(H,15,21). The Morgan fingerprint density at radius 2 is 2.14 bits per heavy atom. The second kappa shape index (κ2) is 5.16. The van der Waals surface area contributed by atoms with E-state index < -0.39 is 5.91 Å². The molecule has 0 aromatic carbocycles. The number of nitrogens with one attached hydrogen (secondary N) is 1. The first-order valence-corrected chi connectivity index (χ1v) is 6.89. The number of nitrogens with zero attached hydrogens (tertiary/aromatic N) is 4. The lowest BCUT2D eigenvalue weighted by atomic mass is 10.2. The summed E-state index contributed by atoms with van der Waals surface area (Å²) in [6.07, 6.45) is 5.43. The lowest BCUT2D eigenvalue weighted by molar-refractivity contribution is 0.0947. The minimum atomic E-state index is -0.396. The summed E-state index contributed by atoms with van der Waals surface area (Å²) in [4.78, 5) is 23.8. The molecule has 2 aromatic rings. The molecule has 0 saturated heterocycles. The van der Waals surface area contributed by atoms with E-state index in [4.69, 9.17) is 0 Å². The van der Waals surface area contributed by atoms with Crippen LogP contribution in [0, 0.1) is 0 Å². The number of hydrogen-bond acceptors (Lipinski definition) is 4. The fourth-order valence-electron chi connectivity index (χ4n) is 2.24. The summed E-state index contributed by atoms with van der Waals surface area (Å²) in [6.45, 7) is 0.257. The van der Waals surface area contributed by atoms with Gasteiger partial charge in [-0.1, -0.05) is 0 Å². The molecule has 2 aromatic heterocycles. The first-order chi connectivity index (χ1) is 10.1. The average molecular weight is 287 g/mol. The van der Waals surface area contributed by atoms with Crippen LogP contribution < -0.4 is 10.7 Å². The van der Waals surface area contributed by atoms with Gasteiger partial charge in [0, 0.05) is 38.5 Å². The van der Waals surface area contributed by atoms with Gasteiger partial charge < -0.3 is 14.5 Å². The van der Waals surface area contributed by atoms with Gasteiger partial charge in [-0.3, -0.25) is 9.59 Å². The van der Waals surface area contributed by atoms with Crippen LogP contribution in [-0.2, 0) is 20.6 Å². The Kier molecular flexibility index (Phi) is 3.32. The van der Waals surface area contributed by atoms with E-state index in [0.717, 1.165) is 18.7 Å². The highest BCUT2D eigenvalue weighted by Gasteiger charge is 2.29. The largest absolute Gasteiger partial charge is 0.356 e. The maximum absolute atomic E-state index is 12.1. The van der Waals surface area contributed by atoms with Gasteiger partial charge in [0.25, 0.3) is 5.91 Å². The van der Waals surface area contributed by atoms with Crippen LogP contribution in [0.25, 0.3) is 0 Å². The highest BCUT2D eigenvalue weighted by atomic mass is 16.2. The number of aromatic nitrogens is 4. The minimum absolute atomic E-state index is 0.129. The molecule has 21 heavy (non-hydrogen) atoms. The van der Waals surface area contributed by atoms with Crippen molar-refractivity contribution in [2.75, 3.05) is 0 Å². The molecule has 0 unspecified atom stereocenters. The van der Waals surface area contributed by atoms with E-state index in [0.29, 0.717) is 11.7 Å². The fourth-order valence-corrected chi connectivity index (χ4v) is 2.24. The van der Waals surface area contributed by atoms with Crippen molar-refractivity contribution >= 4 is 5.91 Å². The van der Waals surface area contributed by atoms with Crippen LogP contribution in [-0.4, -0.2) is 25.2 Å². The Morgan fingerprint density at radius 1 is 1.38 bits per heavy atom. The third-order valence-electron chi connectivity index (χ3n) is 3.65. The molecule has 0 atom stereocenters. The topological polar surface area (TPSA) is 81.8 Å². The molecule has 0 spiro atoms. The lowest BCUT2D eigenvalue weighted by Gasteiger charge is -2.06. The van der Waals surface area contributed by atoms with Crippen molar-refractivity contribution in [2.24, 2.45) is 14.1 Å². The zero-order valence-corrected chi connectivity index (χ0v) is 12.0. The van der Waals surface area contributed by atoms with Crippen LogP contribution in [0.5, 0.6) is 0 Å². The Balaban J connectivity index is 1.71. The summed E-state index contributed by atoms with van der Waals surface area (Å²) in [5.41, 5.74) is -0.160. The molecular formula is C14H17N5O2. The van der Waals surface area contributed by atoms with Crippen molar-refractivity contribution < 1.29 is 4.79 Å². The van der Waals surface area contributed by atoms with Crippen molar-refractivity contribution in [3.63, 3.8) is 0 Å². The first kappa shape index (κ1) is 13.5. The van der Waals surface area contributed by atoms with Crippen molar-refractivity contribution in [3.05, 3.63) is 45.9 Å². The summed E-state index contributed by atoms with van der Waals surface area (Å²) in [7, 11) is 3.66. The quantitative estimate of drug-likeness (QED) is 0.878. The van der Waals surface area contributed by atoms with Gasteiger partial charge in [-0.2, -0.15) is 0 Å². The Morgan fingerprint density at radius 3 is 2.86 bits per heavy atom. The van der Waals surface area contributed by atoms with E-state index >= 15 is 0 Å². The van der Waals surface area contributed by atoms with E-state index in [1.165, 1.54) is 12.3 Å². The van der Waals surface area contributed by atoms with Crippen LogP contribution in [0.1, 0.15) is 40.8 Å². The molecule has 1 fully saturated rings. The van der Waals surface area contributed by atoms with E-state index in [1.807, 2.05) is 11.6 Å². The average Bonchev–Trinajstić information content (AvgIpc) is 3.23. The smallest absolute Gasteiger partial charge is 0.257 e. The molecule has 7 heteroatoms. The molecule has 1 amide bonds. The number of carbonyl (C=O) groups excluding carboxylic acids is 1. The number of pyridine rings is 1. The first-order valence-electron chi connectivity index (χ1n) is 6.89. The molecule has 0 radical (unpaired) electrons. The molecule has 1 aliphatic rings. The Hall–Kier alpha value is -2.44. The lowest BCUT2D eigenvalue weighted by Crippen LogP contribution is -2.29. The maximum Gasteiger partial charge on any atom is 0.257 e. The van der Waals surface area contributed by atoms with Gasteiger partial charge in [0.05, 0.1) is 6.54 Å². The highest BCUT2D eigenvalue weighted by Crippen LogP contribution is 2.38. The second-order valence-corrected chi connectivity index (χ2v) is 5.38. The SMILES string of the molecule is Cn1ccc(=O)c(C(=O)NCc2nnc(C3CC3)n2C)c1. The molecule has 7 nitrogen and oxygen atoms in total. The van der Waals surface area contributed by atoms with Gasteiger partial charge in [0.1, 0.15) is 11.4 Å². The number of rotatable bonds is 4. The van der Waals surface area contributed by atoms with Gasteiger partial charge in [0.2, 0.25) is 0 Å². The molecule has 1 N–H and O–H groups in total. The van der Waals surface area contributed by atoms with E-state index in [-0.39, 0.29) is 17.5 Å². The predicted molar refractivity (Wildman–Crippen MR) is 75.8 cm³/mol. The van der Waals surface area contributed by atoms with Crippen molar-refractivity contribution in [2.45, 2.75) is 25.3 Å². The van der Waals surface area contributed by atoms with Crippen LogP contribution in [0.15, 0.2) is 23.3 Å². The van der Waals surface area contributed by atoms with Crippen molar-refractivity contribution in [1.29, 1.82) is 0 Å². The number of amides is 1. The summed E-state index contributed by atoms with van der Waals surface area (Å²) in [5, 5.41) is 11.0.